The lowest BCUT2D eigenvalue weighted by molar-refractivity contribution is -0.142. The molecule has 1 aliphatic rings. The van der Waals surface area contributed by atoms with Gasteiger partial charge in [-0.3, -0.25) is 4.79 Å². The second kappa shape index (κ2) is 2.98. The number of nitrogens with two attached hydrogens (primary N) is 1. The van der Waals surface area contributed by atoms with Crippen LogP contribution in [-0.4, -0.2) is 31.7 Å². The predicted octanol–water partition coefficient (Wildman–Crippen LogP) is -1.15. The molecule has 0 radical (unpaired) electrons. The second-order valence-electron chi connectivity index (χ2n) is 2.41. The fourth-order valence-electron chi connectivity index (χ4n) is 1.11. The number of esters is 1. The highest BCUT2D eigenvalue weighted by Gasteiger charge is 2.30. The van der Waals surface area contributed by atoms with Crippen LogP contribution in [0.2, 0.25) is 0 Å². The number of ether oxygens (including phenoxy) is 1. The van der Waals surface area contributed by atoms with Crippen LogP contribution in [0.25, 0.3) is 0 Å². The van der Waals surface area contributed by atoms with Crippen LogP contribution >= 0.6 is 0 Å². The molecule has 0 aromatic heterocycles. The fraction of sp³-hybridized carbons (Fsp3) is 0.833. The van der Waals surface area contributed by atoms with E-state index in [0.717, 1.165) is 13.0 Å². The van der Waals surface area contributed by atoms with E-state index in [0.29, 0.717) is 0 Å². The zero-order chi connectivity index (χ0) is 7.56. The van der Waals surface area contributed by atoms with Gasteiger partial charge in [0.2, 0.25) is 0 Å². The molecule has 0 spiro atoms. The minimum atomic E-state index is -0.287. The molecule has 1 fully saturated rings. The number of nitrogens with one attached hydrogen (secondary N) is 1. The molecule has 4 nitrogen and oxygen atoms in total. The first-order valence-electron chi connectivity index (χ1n) is 3.32. The summed E-state index contributed by atoms with van der Waals surface area (Å²) in [5.74, 6) is -0.259. The summed E-state index contributed by atoms with van der Waals surface area (Å²) < 4.78 is 4.52. The molecule has 1 aliphatic heterocycles. The highest BCUT2D eigenvalue weighted by Crippen LogP contribution is 2.04. The Labute approximate surface area is 59.7 Å². The van der Waals surface area contributed by atoms with Crippen LogP contribution in [-0.2, 0) is 9.53 Å². The first kappa shape index (κ1) is 7.50. The minimum Gasteiger partial charge on any atom is -0.468 e. The summed E-state index contributed by atoms with van der Waals surface area (Å²) in [7, 11) is 1.37. The third-order valence-corrected chi connectivity index (χ3v) is 1.73. The van der Waals surface area contributed by atoms with Crippen LogP contribution < -0.4 is 11.1 Å². The van der Waals surface area contributed by atoms with Crippen molar-refractivity contribution in [3.8, 4) is 0 Å². The normalized spacial score (nSPS) is 32.2. The summed E-state index contributed by atoms with van der Waals surface area (Å²) in [5, 5.41) is 2.96. The van der Waals surface area contributed by atoms with E-state index in [2.05, 4.69) is 10.1 Å². The van der Waals surface area contributed by atoms with E-state index >= 15 is 0 Å². The number of rotatable bonds is 1. The number of carbonyl (C=O) groups excluding carboxylic acids is 1. The van der Waals surface area contributed by atoms with Crippen LogP contribution in [0.15, 0.2) is 0 Å². The first-order valence-corrected chi connectivity index (χ1v) is 3.32. The highest BCUT2D eigenvalue weighted by molar-refractivity contribution is 5.77. The number of hydrogen-bond donors (Lipinski definition) is 2. The molecule has 1 saturated heterocycles. The average Bonchev–Trinajstić information content (AvgIpc) is 2.34. The summed E-state index contributed by atoms with van der Waals surface area (Å²) >= 11 is 0. The first-order chi connectivity index (χ1) is 4.75. The zero-order valence-corrected chi connectivity index (χ0v) is 5.96. The van der Waals surface area contributed by atoms with Gasteiger partial charge in [0.05, 0.1) is 7.11 Å². The molecule has 0 aromatic rings. The van der Waals surface area contributed by atoms with Crippen molar-refractivity contribution in [2.75, 3.05) is 13.7 Å². The summed E-state index contributed by atoms with van der Waals surface area (Å²) in [5.41, 5.74) is 5.59. The van der Waals surface area contributed by atoms with E-state index in [1.54, 1.807) is 0 Å². The summed E-state index contributed by atoms with van der Waals surface area (Å²) in [6.45, 7) is 0.806. The van der Waals surface area contributed by atoms with Crippen molar-refractivity contribution in [3.63, 3.8) is 0 Å². The third-order valence-electron chi connectivity index (χ3n) is 1.73. The predicted molar refractivity (Wildman–Crippen MR) is 36.4 cm³/mol. The lowest BCUT2D eigenvalue weighted by Gasteiger charge is -2.11. The molecule has 4 heteroatoms. The van der Waals surface area contributed by atoms with Gasteiger partial charge in [-0.25, -0.2) is 0 Å². The van der Waals surface area contributed by atoms with Gasteiger partial charge in [0.1, 0.15) is 6.04 Å². The molecule has 3 N–H and O–H groups in total. The lowest BCUT2D eigenvalue weighted by Crippen LogP contribution is -2.43. The van der Waals surface area contributed by atoms with Gasteiger partial charge in [-0.2, -0.15) is 0 Å². The standard InChI is InChI=1S/C6H12N2O2/c1-10-6(9)5-4(7)2-3-8-5/h4-5,8H,2-3,7H2,1H3/t4?,5-/m0/s1. The Kier molecular flexibility index (Phi) is 2.24. The number of hydrogen-bond acceptors (Lipinski definition) is 4. The van der Waals surface area contributed by atoms with E-state index in [1.807, 2.05) is 0 Å². The van der Waals surface area contributed by atoms with E-state index < -0.39 is 0 Å². The Balaban J connectivity index is 2.46. The molecule has 1 unspecified atom stereocenters. The van der Waals surface area contributed by atoms with Gasteiger partial charge >= 0.3 is 5.97 Å². The molecule has 0 amide bonds. The average molecular weight is 144 g/mol. The van der Waals surface area contributed by atoms with Crippen LogP contribution in [0.3, 0.4) is 0 Å². The Bertz CT molecular complexity index is 138. The van der Waals surface area contributed by atoms with Gasteiger partial charge in [0.15, 0.2) is 0 Å². The Morgan fingerprint density at radius 3 is 2.90 bits per heavy atom. The molecule has 1 rings (SSSR count). The minimum absolute atomic E-state index is 0.0764. The molecule has 2 atom stereocenters. The van der Waals surface area contributed by atoms with Gasteiger partial charge in [0.25, 0.3) is 0 Å². The lowest BCUT2D eigenvalue weighted by atomic mass is 10.1. The molecule has 0 saturated carbocycles. The third kappa shape index (κ3) is 1.27. The SMILES string of the molecule is COC(=O)[C@H]1NCCC1N. The zero-order valence-electron chi connectivity index (χ0n) is 5.96. The van der Waals surface area contributed by atoms with Crippen molar-refractivity contribution in [1.82, 2.24) is 5.32 Å². The van der Waals surface area contributed by atoms with E-state index in [-0.39, 0.29) is 18.1 Å². The van der Waals surface area contributed by atoms with Crippen LogP contribution in [0, 0.1) is 0 Å². The van der Waals surface area contributed by atoms with E-state index in [1.165, 1.54) is 7.11 Å². The van der Waals surface area contributed by atoms with Crippen LogP contribution in [0.5, 0.6) is 0 Å². The van der Waals surface area contributed by atoms with Crippen molar-refractivity contribution in [3.05, 3.63) is 0 Å². The Morgan fingerprint density at radius 2 is 2.50 bits per heavy atom. The van der Waals surface area contributed by atoms with Gasteiger partial charge in [-0.15, -0.1) is 0 Å². The second-order valence-corrected chi connectivity index (χ2v) is 2.41. The maximum atomic E-state index is 10.9. The van der Waals surface area contributed by atoms with Gasteiger partial charge in [0, 0.05) is 6.04 Å². The van der Waals surface area contributed by atoms with E-state index in [4.69, 9.17) is 5.73 Å². The number of methoxy groups -OCH3 is 1. The molecule has 10 heavy (non-hydrogen) atoms. The quantitative estimate of drug-likeness (QED) is 0.456. The molecule has 58 valence electrons. The van der Waals surface area contributed by atoms with Crippen molar-refractivity contribution in [1.29, 1.82) is 0 Å². The van der Waals surface area contributed by atoms with Crippen molar-refractivity contribution in [2.45, 2.75) is 18.5 Å². The van der Waals surface area contributed by atoms with Gasteiger partial charge in [-0.1, -0.05) is 0 Å². The Morgan fingerprint density at radius 1 is 1.80 bits per heavy atom. The van der Waals surface area contributed by atoms with Gasteiger partial charge < -0.3 is 15.8 Å². The topological polar surface area (TPSA) is 64.3 Å². The maximum Gasteiger partial charge on any atom is 0.324 e. The monoisotopic (exact) mass is 144 g/mol. The largest absolute Gasteiger partial charge is 0.468 e. The summed E-state index contributed by atoms with van der Waals surface area (Å²) in [6.07, 6.45) is 0.847. The Hall–Kier alpha value is -0.610. The molecular formula is C6H12N2O2. The van der Waals surface area contributed by atoms with Crippen LogP contribution in [0.4, 0.5) is 0 Å². The molecule has 1 heterocycles. The summed E-state index contributed by atoms with van der Waals surface area (Å²) in [6, 6.07) is -0.363. The van der Waals surface area contributed by atoms with Gasteiger partial charge in [-0.05, 0) is 13.0 Å². The molecular weight excluding hydrogens is 132 g/mol. The fourth-order valence-corrected chi connectivity index (χ4v) is 1.11. The molecule has 0 aromatic carbocycles. The molecule has 0 bridgehead atoms. The van der Waals surface area contributed by atoms with Crippen LogP contribution in [0.1, 0.15) is 6.42 Å². The van der Waals surface area contributed by atoms with Crippen molar-refractivity contribution < 1.29 is 9.53 Å². The molecule has 0 aliphatic carbocycles. The highest BCUT2D eigenvalue weighted by atomic mass is 16.5. The van der Waals surface area contributed by atoms with E-state index in [9.17, 15) is 4.79 Å². The van der Waals surface area contributed by atoms with Crippen molar-refractivity contribution >= 4 is 5.97 Å². The van der Waals surface area contributed by atoms with Crippen molar-refractivity contribution in [2.24, 2.45) is 5.73 Å². The smallest absolute Gasteiger partial charge is 0.324 e. The maximum absolute atomic E-state index is 10.9. The number of carbonyl (C=O) groups is 1. The summed E-state index contributed by atoms with van der Waals surface area (Å²) in [4.78, 5) is 10.9.